The average Bonchev–Trinajstić information content (AvgIpc) is 2.72. The predicted octanol–water partition coefficient (Wildman–Crippen LogP) is 2.42. The molecule has 0 aromatic rings. The summed E-state index contributed by atoms with van der Waals surface area (Å²) in [7, 11) is 1.18. The first-order valence-electron chi connectivity index (χ1n) is 10.5. The first-order valence-corrected chi connectivity index (χ1v) is 10.5. The number of carbonyl (C=O) groups is 5. The number of nitrogens with one attached hydrogen (secondary N) is 1. The summed E-state index contributed by atoms with van der Waals surface area (Å²) in [6, 6.07) is 0. The van der Waals surface area contributed by atoms with Gasteiger partial charge in [0, 0.05) is 13.0 Å². The standard InChI is InChI=1S/C23H29NO9/c1-22(2,3)33-21(29)24-10-6-7-15-11-14-12-17(25)23(4,20(28)16(14)13-31-15)32-19(27)9-8-18(26)30-5/h11-13H,6-10H2,1-5H3,(H,24,29). The highest BCUT2D eigenvalue weighted by atomic mass is 16.6. The molecule has 180 valence electrons. The van der Waals surface area contributed by atoms with Crippen molar-refractivity contribution in [1.29, 1.82) is 0 Å². The molecule has 1 heterocycles. The number of esters is 2. The minimum Gasteiger partial charge on any atom is -0.469 e. The van der Waals surface area contributed by atoms with Crippen LogP contribution in [0.3, 0.4) is 0 Å². The third-order valence-corrected chi connectivity index (χ3v) is 4.74. The maximum atomic E-state index is 12.9. The molecule has 1 unspecified atom stereocenters. The molecule has 10 heteroatoms. The average molecular weight is 463 g/mol. The van der Waals surface area contributed by atoms with Crippen molar-refractivity contribution in [3.8, 4) is 0 Å². The topological polar surface area (TPSA) is 134 Å². The van der Waals surface area contributed by atoms with Crippen LogP contribution >= 0.6 is 0 Å². The second-order valence-corrected chi connectivity index (χ2v) is 8.67. The van der Waals surface area contributed by atoms with E-state index in [0.717, 1.165) is 0 Å². The van der Waals surface area contributed by atoms with Crippen molar-refractivity contribution in [3.05, 3.63) is 35.3 Å². The van der Waals surface area contributed by atoms with Gasteiger partial charge >= 0.3 is 18.0 Å². The lowest BCUT2D eigenvalue weighted by molar-refractivity contribution is -0.169. The Morgan fingerprint density at radius 3 is 2.39 bits per heavy atom. The van der Waals surface area contributed by atoms with Crippen molar-refractivity contribution in [2.24, 2.45) is 0 Å². The second kappa shape index (κ2) is 10.5. The molecule has 1 N–H and O–H groups in total. The van der Waals surface area contributed by atoms with Gasteiger partial charge in [-0.05, 0) is 51.8 Å². The number of Topliss-reactive ketones (excluding diaryl/α,β-unsaturated/α-hetero) is 1. The van der Waals surface area contributed by atoms with Gasteiger partial charge in [-0.2, -0.15) is 0 Å². The quantitative estimate of drug-likeness (QED) is 0.249. The van der Waals surface area contributed by atoms with Gasteiger partial charge in [0.05, 0.1) is 25.5 Å². The van der Waals surface area contributed by atoms with Crippen LogP contribution in [0.25, 0.3) is 0 Å². The zero-order valence-corrected chi connectivity index (χ0v) is 19.4. The van der Waals surface area contributed by atoms with E-state index in [1.54, 1.807) is 26.8 Å². The summed E-state index contributed by atoms with van der Waals surface area (Å²) in [6.45, 7) is 6.87. The maximum Gasteiger partial charge on any atom is 0.407 e. The Morgan fingerprint density at radius 1 is 1.09 bits per heavy atom. The number of amides is 1. The normalized spacial score (nSPS) is 19.8. The van der Waals surface area contributed by atoms with Crippen LogP contribution in [-0.2, 0) is 38.1 Å². The Labute approximate surface area is 191 Å². The molecule has 0 saturated heterocycles. The molecular formula is C23H29NO9. The highest BCUT2D eigenvalue weighted by molar-refractivity contribution is 6.26. The molecule has 33 heavy (non-hydrogen) atoms. The molecule has 0 bridgehead atoms. The minimum atomic E-state index is -2.03. The van der Waals surface area contributed by atoms with Gasteiger partial charge in [0.2, 0.25) is 17.2 Å². The molecule has 1 amide bonds. The van der Waals surface area contributed by atoms with Crippen molar-refractivity contribution < 1.29 is 42.9 Å². The van der Waals surface area contributed by atoms with Gasteiger partial charge in [-0.1, -0.05) is 0 Å². The Bertz CT molecular complexity index is 936. The molecule has 0 aromatic carbocycles. The third-order valence-electron chi connectivity index (χ3n) is 4.74. The lowest BCUT2D eigenvalue weighted by Crippen LogP contribution is -2.50. The first kappa shape index (κ1) is 25.8. The van der Waals surface area contributed by atoms with Crippen molar-refractivity contribution in [2.75, 3.05) is 13.7 Å². The highest BCUT2D eigenvalue weighted by Gasteiger charge is 2.49. The van der Waals surface area contributed by atoms with Crippen molar-refractivity contribution >= 4 is 29.6 Å². The second-order valence-electron chi connectivity index (χ2n) is 8.67. The molecule has 0 fully saturated rings. The van der Waals surface area contributed by atoms with E-state index in [0.29, 0.717) is 30.7 Å². The molecule has 2 aliphatic rings. The number of allylic oxidation sites excluding steroid dienone is 3. The van der Waals surface area contributed by atoms with Crippen LogP contribution in [0, 0.1) is 0 Å². The number of alkyl carbamates (subject to hydrolysis) is 1. The number of hydrogen-bond donors (Lipinski definition) is 1. The molecule has 1 aliphatic heterocycles. The van der Waals surface area contributed by atoms with Gasteiger partial charge in [-0.15, -0.1) is 0 Å². The molecular weight excluding hydrogens is 434 g/mol. The fourth-order valence-corrected chi connectivity index (χ4v) is 3.02. The minimum absolute atomic E-state index is 0.105. The zero-order chi connectivity index (χ0) is 24.8. The fourth-order valence-electron chi connectivity index (χ4n) is 3.02. The van der Waals surface area contributed by atoms with E-state index < -0.39 is 40.8 Å². The molecule has 0 radical (unpaired) electrons. The Hall–Kier alpha value is -3.43. The van der Waals surface area contributed by atoms with Crippen LogP contribution < -0.4 is 5.32 Å². The van der Waals surface area contributed by atoms with Gasteiger partial charge in [0.25, 0.3) is 0 Å². The lowest BCUT2D eigenvalue weighted by atomic mass is 9.80. The van der Waals surface area contributed by atoms with Crippen LogP contribution in [0.4, 0.5) is 4.79 Å². The number of ether oxygens (including phenoxy) is 4. The Morgan fingerprint density at radius 2 is 1.76 bits per heavy atom. The van der Waals surface area contributed by atoms with E-state index >= 15 is 0 Å². The smallest absolute Gasteiger partial charge is 0.407 e. The van der Waals surface area contributed by atoms with Crippen LogP contribution in [0.2, 0.25) is 0 Å². The molecule has 0 saturated carbocycles. The van der Waals surface area contributed by atoms with Crippen molar-refractivity contribution in [1.82, 2.24) is 5.32 Å². The maximum absolute atomic E-state index is 12.9. The zero-order valence-electron chi connectivity index (χ0n) is 19.4. The number of carbonyl (C=O) groups excluding carboxylic acids is 5. The largest absolute Gasteiger partial charge is 0.469 e. The van der Waals surface area contributed by atoms with Crippen LogP contribution in [-0.4, -0.2) is 54.5 Å². The van der Waals surface area contributed by atoms with E-state index in [2.05, 4.69) is 10.1 Å². The predicted molar refractivity (Wildman–Crippen MR) is 115 cm³/mol. The molecule has 2 rings (SSSR count). The highest BCUT2D eigenvalue weighted by Crippen LogP contribution is 2.34. The summed E-state index contributed by atoms with van der Waals surface area (Å²) >= 11 is 0. The summed E-state index contributed by atoms with van der Waals surface area (Å²) in [6.07, 6.45) is 3.93. The summed E-state index contributed by atoms with van der Waals surface area (Å²) in [5, 5.41) is 2.64. The van der Waals surface area contributed by atoms with E-state index in [-0.39, 0.29) is 18.4 Å². The van der Waals surface area contributed by atoms with Gasteiger partial charge in [-0.25, -0.2) is 4.79 Å². The number of ketones is 2. The van der Waals surface area contributed by atoms with Crippen molar-refractivity contribution in [3.63, 3.8) is 0 Å². The van der Waals surface area contributed by atoms with E-state index in [9.17, 15) is 24.0 Å². The number of fused-ring (bicyclic) bond motifs is 1. The first-order chi connectivity index (χ1) is 15.4. The van der Waals surface area contributed by atoms with Gasteiger partial charge < -0.3 is 24.3 Å². The van der Waals surface area contributed by atoms with Crippen molar-refractivity contribution in [2.45, 2.75) is 64.6 Å². The lowest BCUT2D eigenvalue weighted by Gasteiger charge is -2.31. The van der Waals surface area contributed by atoms with E-state index in [4.69, 9.17) is 14.2 Å². The summed E-state index contributed by atoms with van der Waals surface area (Å²) in [4.78, 5) is 60.5. The molecule has 1 atom stereocenters. The molecule has 10 nitrogen and oxygen atoms in total. The number of methoxy groups -OCH3 is 1. The van der Waals surface area contributed by atoms with Crippen LogP contribution in [0.1, 0.15) is 53.4 Å². The van der Waals surface area contributed by atoms with E-state index in [1.807, 2.05) is 0 Å². The fraction of sp³-hybridized carbons (Fsp3) is 0.522. The molecule has 0 spiro atoms. The number of hydrogen-bond acceptors (Lipinski definition) is 9. The van der Waals surface area contributed by atoms with E-state index in [1.165, 1.54) is 26.4 Å². The Balaban J connectivity index is 1.96. The monoisotopic (exact) mass is 463 g/mol. The number of rotatable bonds is 8. The summed E-state index contributed by atoms with van der Waals surface area (Å²) < 4.78 is 20.3. The Kier molecular flexibility index (Phi) is 8.18. The summed E-state index contributed by atoms with van der Waals surface area (Å²) in [5.41, 5.74) is -2.16. The van der Waals surface area contributed by atoms with Crippen LogP contribution in [0.5, 0.6) is 0 Å². The van der Waals surface area contributed by atoms with Gasteiger partial charge in [0.15, 0.2) is 0 Å². The third kappa shape index (κ3) is 7.03. The SMILES string of the molecule is COC(=O)CCC(=O)OC1(C)C(=O)C=C2C=C(CCCNC(=O)OC(C)(C)C)OC=C2C1=O. The summed E-state index contributed by atoms with van der Waals surface area (Å²) in [5.74, 6) is -2.36. The van der Waals surface area contributed by atoms with Gasteiger partial charge in [-0.3, -0.25) is 19.2 Å². The molecule has 0 aromatic heterocycles. The molecule has 1 aliphatic carbocycles. The van der Waals surface area contributed by atoms with Gasteiger partial charge in [0.1, 0.15) is 17.6 Å². The van der Waals surface area contributed by atoms with Crippen LogP contribution in [0.15, 0.2) is 35.3 Å².